The zero-order chi connectivity index (χ0) is 15.7. The average molecular weight is 309 g/mol. The minimum Gasteiger partial charge on any atom is -0.352 e. The van der Waals surface area contributed by atoms with Gasteiger partial charge in [-0.05, 0) is 25.3 Å². The van der Waals surface area contributed by atoms with Crippen LogP contribution in [0.5, 0.6) is 0 Å². The number of hydrogen-bond donors (Lipinski definition) is 1. The highest BCUT2D eigenvalue weighted by molar-refractivity contribution is 7.91. The van der Waals surface area contributed by atoms with E-state index in [0.717, 1.165) is 18.4 Å². The van der Waals surface area contributed by atoms with E-state index in [9.17, 15) is 13.2 Å². The van der Waals surface area contributed by atoms with Gasteiger partial charge in [-0.15, -0.1) is 0 Å². The summed E-state index contributed by atoms with van der Waals surface area (Å²) in [6, 6.07) is 10.1. The van der Waals surface area contributed by atoms with Crippen molar-refractivity contribution in [3.8, 4) is 0 Å². The van der Waals surface area contributed by atoms with E-state index < -0.39 is 9.84 Å². The molecule has 0 heterocycles. The SMILES string of the molecule is CCS(=O)(=O)CCNC(=O)C=C(C)CCc1ccccc1. The quantitative estimate of drug-likeness (QED) is 0.748. The molecule has 0 spiro atoms. The van der Waals surface area contributed by atoms with Crippen molar-refractivity contribution in [1.82, 2.24) is 5.32 Å². The number of rotatable bonds is 8. The Bertz CT molecular complexity index is 577. The van der Waals surface area contributed by atoms with Gasteiger partial charge in [-0.2, -0.15) is 0 Å². The van der Waals surface area contributed by atoms with Crippen molar-refractivity contribution in [3.05, 3.63) is 47.5 Å². The molecule has 0 aliphatic rings. The lowest BCUT2D eigenvalue weighted by Crippen LogP contribution is -2.28. The van der Waals surface area contributed by atoms with Gasteiger partial charge in [-0.3, -0.25) is 4.79 Å². The normalized spacial score (nSPS) is 12.2. The maximum atomic E-state index is 11.7. The van der Waals surface area contributed by atoms with Crippen molar-refractivity contribution in [2.75, 3.05) is 18.1 Å². The lowest BCUT2D eigenvalue weighted by atomic mass is 10.1. The summed E-state index contributed by atoms with van der Waals surface area (Å²) in [5.41, 5.74) is 2.22. The second kappa shape index (κ2) is 8.62. The number of nitrogens with one attached hydrogen (secondary N) is 1. The van der Waals surface area contributed by atoms with E-state index in [4.69, 9.17) is 0 Å². The minimum absolute atomic E-state index is 0.00779. The average Bonchev–Trinajstić information content (AvgIpc) is 2.46. The van der Waals surface area contributed by atoms with Crippen LogP contribution in [0.2, 0.25) is 0 Å². The Morgan fingerprint density at radius 3 is 2.52 bits per heavy atom. The van der Waals surface area contributed by atoms with Gasteiger partial charge in [-0.25, -0.2) is 8.42 Å². The second-order valence-electron chi connectivity index (χ2n) is 5.00. The van der Waals surface area contributed by atoms with Crippen LogP contribution in [0.3, 0.4) is 0 Å². The molecule has 0 saturated carbocycles. The third-order valence-electron chi connectivity index (χ3n) is 3.18. The first-order valence-electron chi connectivity index (χ1n) is 7.12. The van der Waals surface area contributed by atoms with Gasteiger partial charge in [0, 0.05) is 18.4 Å². The molecule has 5 heteroatoms. The molecule has 0 unspecified atom stereocenters. The van der Waals surface area contributed by atoms with Crippen LogP contribution in [0.25, 0.3) is 0 Å². The van der Waals surface area contributed by atoms with Crippen LogP contribution in [0, 0.1) is 0 Å². The summed E-state index contributed by atoms with van der Waals surface area (Å²) in [5.74, 6) is -0.132. The fourth-order valence-electron chi connectivity index (χ4n) is 1.81. The summed E-state index contributed by atoms with van der Waals surface area (Å²) in [6.45, 7) is 3.67. The van der Waals surface area contributed by atoms with Crippen LogP contribution in [-0.2, 0) is 21.1 Å². The molecule has 0 aromatic heterocycles. The molecule has 0 fully saturated rings. The second-order valence-corrected chi connectivity index (χ2v) is 7.48. The zero-order valence-electron chi connectivity index (χ0n) is 12.6. The maximum absolute atomic E-state index is 11.7. The molecule has 1 rings (SSSR count). The Hall–Kier alpha value is -1.62. The molecule has 4 nitrogen and oxygen atoms in total. The standard InChI is InChI=1S/C16H23NO3S/c1-3-21(19,20)12-11-17-16(18)13-14(2)9-10-15-7-5-4-6-8-15/h4-8,13H,3,9-12H2,1-2H3,(H,17,18). The predicted molar refractivity (Wildman–Crippen MR) is 85.9 cm³/mol. The molecule has 1 aromatic rings. The number of sulfone groups is 1. The number of benzene rings is 1. The molecule has 1 amide bonds. The van der Waals surface area contributed by atoms with E-state index in [1.807, 2.05) is 25.1 Å². The van der Waals surface area contributed by atoms with Gasteiger partial charge in [0.15, 0.2) is 9.84 Å². The maximum Gasteiger partial charge on any atom is 0.243 e. The highest BCUT2D eigenvalue weighted by atomic mass is 32.2. The fourth-order valence-corrected chi connectivity index (χ4v) is 2.51. The van der Waals surface area contributed by atoms with Crippen molar-refractivity contribution in [2.45, 2.75) is 26.7 Å². The summed E-state index contributed by atoms with van der Waals surface area (Å²) in [6.07, 6.45) is 3.24. The van der Waals surface area contributed by atoms with Crippen molar-refractivity contribution >= 4 is 15.7 Å². The van der Waals surface area contributed by atoms with Crippen molar-refractivity contribution < 1.29 is 13.2 Å². The Labute approximate surface area is 127 Å². The summed E-state index contributed by atoms with van der Waals surface area (Å²) in [4.78, 5) is 11.7. The molecule has 0 bridgehead atoms. The monoisotopic (exact) mass is 309 g/mol. The predicted octanol–water partition coefficient (Wildman–Crippen LogP) is 2.12. The third kappa shape index (κ3) is 7.66. The van der Waals surface area contributed by atoms with Gasteiger partial charge in [0.2, 0.25) is 5.91 Å². The molecule has 21 heavy (non-hydrogen) atoms. The highest BCUT2D eigenvalue weighted by Gasteiger charge is 2.07. The van der Waals surface area contributed by atoms with Crippen LogP contribution < -0.4 is 5.32 Å². The Morgan fingerprint density at radius 1 is 1.24 bits per heavy atom. The van der Waals surface area contributed by atoms with Crippen molar-refractivity contribution in [3.63, 3.8) is 0 Å². The first-order valence-corrected chi connectivity index (χ1v) is 8.94. The van der Waals surface area contributed by atoms with Crippen molar-refractivity contribution in [1.29, 1.82) is 0 Å². The van der Waals surface area contributed by atoms with Crippen molar-refractivity contribution in [2.24, 2.45) is 0 Å². The van der Waals surface area contributed by atoms with E-state index in [1.54, 1.807) is 13.0 Å². The van der Waals surface area contributed by atoms with Gasteiger partial charge in [0.05, 0.1) is 5.75 Å². The molecule has 0 radical (unpaired) electrons. The Kier molecular flexibility index (Phi) is 7.15. The van der Waals surface area contributed by atoms with E-state index in [2.05, 4.69) is 17.4 Å². The molecule has 1 aromatic carbocycles. The largest absolute Gasteiger partial charge is 0.352 e. The van der Waals surface area contributed by atoms with Gasteiger partial charge >= 0.3 is 0 Å². The van der Waals surface area contributed by atoms with E-state index in [-0.39, 0.29) is 24.0 Å². The lowest BCUT2D eigenvalue weighted by molar-refractivity contribution is -0.116. The molecule has 0 atom stereocenters. The lowest BCUT2D eigenvalue weighted by Gasteiger charge is -2.04. The summed E-state index contributed by atoms with van der Waals surface area (Å²) in [5, 5.41) is 2.61. The van der Waals surface area contributed by atoms with Crippen LogP contribution in [0.15, 0.2) is 42.0 Å². The number of hydrogen-bond acceptors (Lipinski definition) is 3. The Morgan fingerprint density at radius 2 is 1.90 bits per heavy atom. The number of allylic oxidation sites excluding steroid dienone is 1. The third-order valence-corrected chi connectivity index (χ3v) is 4.89. The van der Waals surface area contributed by atoms with Crippen LogP contribution in [0.4, 0.5) is 0 Å². The van der Waals surface area contributed by atoms with Gasteiger partial charge in [-0.1, -0.05) is 42.8 Å². The van der Waals surface area contributed by atoms with Gasteiger partial charge in [0.1, 0.15) is 0 Å². The highest BCUT2D eigenvalue weighted by Crippen LogP contribution is 2.08. The van der Waals surface area contributed by atoms with E-state index in [0.29, 0.717) is 0 Å². The number of carbonyl (C=O) groups is 1. The molecule has 0 aliphatic carbocycles. The molecule has 116 valence electrons. The van der Waals surface area contributed by atoms with E-state index >= 15 is 0 Å². The first-order chi connectivity index (χ1) is 9.93. The number of aryl methyl sites for hydroxylation is 1. The molecule has 0 saturated heterocycles. The first kappa shape index (κ1) is 17.4. The minimum atomic E-state index is -3.03. The van der Waals surface area contributed by atoms with Gasteiger partial charge < -0.3 is 5.32 Å². The van der Waals surface area contributed by atoms with Gasteiger partial charge in [0.25, 0.3) is 0 Å². The molecule has 0 aliphatic heterocycles. The summed E-state index contributed by atoms with van der Waals surface area (Å²) >= 11 is 0. The topological polar surface area (TPSA) is 63.2 Å². The molecule has 1 N–H and O–H groups in total. The Balaban J connectivity index is 2.34. The smallest absolute Gasteiger partial charge is 0.243 e. The zero-order valence-corrected chi connectivity index (χ0v) is 13.4. The van der Waals surface area contributed by atoms with Crippen LogP contribution in [-0.4, -0.2) is 32.4 Å². The number of amides is 1. The molecular formula is C16H23NO3S. The van der Waals surface area contributed by atoms with Crippen LogP contribution in [0.1, 0.15) is 25.8 Å². The number of carbonyl (C=O) groups excluding carboxylic acids is 1. The molecular weight excluding hydrogens is 286 g/mol. The summed E-state index contributed by atoms with van der Waals surface area (Å²) < 4.78 is 22.6. The fraction of sp³-hybridized carbons (Fsp3) is 0.438. The van der Waals surface area contributed by atoms with E-state index in [1.165, 1.54) is 5.56 Å². The summed E-state index contributed by atoms with van der Waals surface area (Å²) in [7, 11) is -3.03. The van der Waals surface area contributed by atoms with Crippen LogP contribution >= 0.6 is 0 Å².